The van der Waals surface area contributed by atoms with Crippen LogP contribution in [0, 0.1) is 6.92 Å². The fourth-order valence-electron chi connectivity index (χ4n) is 3.06. The number of aryl methyl sites for hydroxylation is 1. The number of aromatic amines is 1. The van der Waals surface area contributed by atoms with E-state index in [1.807, 2.05) is 25.1 Å². The molecule has 2 N–H and O–H groups in total. The first kappa shape index (κ1) is 13.0. The van der Waals surface area contributed by atoms with E-state index in [0.29, 0.717) is 6.04 Å². The lowest BCUT2D eigenvalue weighted by molar-refractivity contribution is 0.0939. The van der Waals surface area contributed by atoms with E-state index in [0.717, 1.165) is 40.8 Å². The fraction of sp³-hybridized carbons (Fsp3) is 0.438. The topological polar surface area (TPSA) is 54.1 Å². The lowest BCUT2D eigenvalue weighted by atomic mass is 10.1. The number of carbonyl (C=O) groups excluding carboxylic acids is 1. The van der Waals surface area contributed by atoms with Crippen molar-refractivity contribution in [2.24, 2.45) is 0 Å². The monoisotopic (exact) mass is 272 g/mol. The van der Waals surface area contributed by atoms with Crippen molar-refractivity contribution in [2.75, 3.05) is 7.11 Å². The van der Waals surface area contributed by atoms with E-state index < -0.39 is 0 Å². The Hall–Kier alpha value is -1.97. The lowest BCUT2D eigenvalue weighted by Gasteiger charge is -2.12. The molecule has 1 amide bonds. The van der Waals surface area contributed by atoms with E-state index in [4.69, 9.17) is 4.74 Å². The smallest absolute Gasteiger partial charge is 0.253 e. The highest BCUT2D eigenvalue weighted by molar-refractivity contribution is 6.08. The molecule has 0 saturated heterocycles. The van der Waals surface area contributed by atoms with E-state index in [2.05, 4.69) is 10.3 Å². The average molecular weight is 272 g/mol. The predicted molar refractivity (Wildman–Crippen MR) is 79.3 cm³/mol. The van der Waals surface area contributed by atoms with Gasteiger partial charge in [0.2, 0.25) is 0 Å². The summed E-state index contributed by atoms with van der Waals surface area (Å²) in [6.07, 6.45) is 4.63. The largest absolute Gasteiger partial charge is 0.497 e. The molecule has 106 valence electrons. The highest BCUT2D eigenvalue weighted by Gasteiger charge is 2.21. The standard InChI is InChI=1S/C16H20N2O2/c1-10-15(16(19)18-11-5-3-4-6-11)13-8-7-12(20-2)9-14(13)17-10/h7-9,11,17H,3-6H2,1-2H3,(H,18,19). The molecule has 0 unspecified atom stereocenters. The van der Waals surface area contributed by atoms with Crippen molar-refractivity contribution >= 4 is 16.8 Å². The lowest BCUT2D eigenvalue weighted by Crippen LogP contribution is -2.32. The maximum atomic E-state index is 12.5. The van der Waals surface area contributed by atoms with Crippen LogP contribution in [-0.4, -0.2) is 24.0 Å². The molecule has 1 aliphatic rings. The molecule has 1 aromatic heterocycles. The Morgan fingerprint density at radius 1 is 1.35 bits per heavy atom. The molecule has 2 aromatic rings. The Labute approximate surface area is 118 Å². The minimum absolute atomic E-state index is 0.0332. The van der Waals surface area contributed by atoms with Crippen molar-refractivity contribution in [3.05, 3.63) is 29.5 Å². The Morgan fingerprint density at radius 2 is 2.10 bits per heavy atom. The van der Waals surface area contributed by atoms with Crippen LogP contribution in [0.15, 0.2) is 18.2 Å². The number of hydrogen-bond acceptors (Lipinski definition) is 2. The van der Waals surface area contributed by atoms with Gasteiger partial charge in [-0.3, -0.25) is 4.79 Å². The van der Waals surface area contributed by atoms with E-state index in [1.54, 1.807) is 7.11 Å². The van der Waals surface area contributed by atoms with Crippen LogP contribution in [0.1, 0.15) is 41.7 Å². The van der Waals surface area contributed by atoms with Crippen LogP contribution < -0.4 is 10.1 Å². The fourth-order valence-corrected chi connectivity index (χ4v) is 3.06. The van der Waals surface area contributed by atoms with Crippen LogP contribution in [0.5, 0.6) is 5.75 Å². The number of aromatic nitrogens is 1. The molecule has 1 aliphatic carbocycles. The van der Waals surface area contributed by atoms with Gasteiger partial charge in [-0.25, -0.2) is 0 Å². The molecular formula is C16H20N2O2. The number of nitrogens with one attached hydrogen (secondary N) is 2. The molecule has 1 heterocycles. The third-order valence-electron chi connectivity index (χ3n) is 4.11. The van der Waals surface area contributed by atoms with Crippen molar-refractivity contribution in [1.29, 1.82) is 0 Å². The van der Waals surface area contributed by atoms with Gasteiger partial charge in [-0.1, -0.05) is 12.8 Å². The van der Waals surface area contributed by atoms with Gasteiger partial charge in [-0.15, -0.1) is 0 Å². The molecule has 20 heavy (non-hydrogen) atoms. The predicted octanol–water partition coefficient (Wildman–Crippen LogP) is 3.16. The maximum absolute atomic E-state index is 12.5. The average Bonchev–Trinajstić information content (AvgIpc) is 3.03. The SMILES string of the molecule is COc1ccc2c(C(=O)NC3CCCC3)c(C)[nH]c2c1. The first-order valence-electron chi connectivity index (χ1n) is 7.16. The second kappa shape index (κ2) is 5.19. The van der Waals surface area contributed by atoms with Gasteiger partial charge < -0.3 is 15.0 Å². The third kappa shape index (κ3) is 2.26. The molecule has 0 spiro atoms. The van der Waals surface area contributed by atoms with Gasteiger partial charge >= 0.3 is 0 Å². The number of carbonyl (C=O) groups is 1. The first-order chi connectivity index (χ1) is 9.69. The molecule has 0 radical (unpaired) electrons. The molecule has 1 aromatic carbocycles. The third-order valence-corrected chi connectivity index (χ3v) is 4.11. The van der Waals surface area contributed by atoms with Crippen molar-refractivity contribution < 1.29 is 9.53 Å². The van der Waals surface area contributed by atoms with Gasteiger partial charge in [0, 0.05) is 23.2 Å². The number of ether oxygens (including phenoxy) is 1. The van der Waals surface area contributed by atoms with Gasteiger partial charge in [0.05, 0.1) is 18.2 Å². The van der Waals surface area contributed by atoms with Crippen LogP contribution in [0.4, 0.5) is 0 Å². The Bertz CT molecular complexity index is 639. The highest BCUT2D eigenvalue weighted by atomic mass is 16.5. The quantitative estimate of drug-likeness (QED) is 0.901. The Morgan fingerprint density at radius 3 is 2.80 bits per heavy atom. The van der Waals surface area contributed by atoms with Gasteiger partial charge in [-0.05, 0) is 31.9 Å². The Balaban J connectivity index is 1.93. The second-order valence-electron chi connectivity index (χ2n) is 5.49. The number of hydrogen-bond donors (Lipinski definition) is 2. The van der Waals surface area contributed by atoms with Crippen LogP contribution in [0.25, 0.3) is 10.9 Å². The maximum Gasteiger partial charge on any atom is 0.253 e. The first-order valence-corrected chi connectivity index (χ1v) is 7.16. The number of amides is 1. The zero-order valence-electron chi connectivity index (χ0n) is 12.0. The van der Waals surface area contributed by atoms with E-state index >= 15 is 0 Å². The van der Waals surface area contributed by atoms with E-state index in [1.165, 1.54) is 12.8 Å². The summed E-state index contributed by atoms with van der Waals surface area (Å²) in [6.45, 7) is 1.94. The zero-order chi connectivity index (χ0) is 14.1. The summed E-state index contributed by atoms with van der Waals surface area (Å²) >= 11 is 0. The van der Waals surface area contributed by atoms with Crippen LogP contribution in [-0.2, 0) is 0 Å². The number of methoxy groups -OCH3 is 1. The van der Waals surface area contributed by atoms with Gasteiger partial charge in [0.1, 0.15) is 5.75 Å². The molecule has 0 atom stereocenters. The van der Waals surface area contributed by atoms with E-state index in [-0.39, 0.29) is 5.91 Å². The van der Waals surface area contributed by atoms with Crippen LogP contribution in [0.2, 0.25) is 0 Å². The van der Waals surface area contributed by atoms with Gasteiger partial charge in [0.25, 0.3) is 5.91 Å². The summed E-state index contributed by atoms with van der Waals surface area (Å²) in [5.74, 6) is 0.826. The molecule has 0 aliphatic heterocycles. The molecule has 0 bridgehead atoms. The van der Waals surface area contributed by atoms with Crippen molar-refractivity contribution in [2.45, 2.75) is 38.6 Å². The minimum atomic E-state index is 0.0332. The summed E-state index contributed by atoms with van der Waals surface area (Å²) in [5.41, 5.74) is 2.61. The number of H-pyrrole nitrogens is 1. The summed E-state index contributed by atoms with van der Waals surface area (Å²) in [5, 5.41) is 4.11. The number of benzene rings is 1. The van der Waals surface area contributed by atoms with Crippen molar-refractivity contribution in [1.82, 2.24) is 10.3 Å². The summed E-state index contributed by atoms with van der Waals surface area (Å²) in [6, 6.07) is 6.10. The highest BCUT2D eigenvalue weighted by Crippen LogP contribution is 2.26. The molecule has 1 fully saturated rings. The second-order valence-corrected chi connectivity index (χ2v) is 5.49. The number of rotatable bonds is 3. The van der Waals surface area contributed by atoms with Gasteiger partial charge in [-0.2, -0.15) is 0 Å². The van der Waals surface area contributed by atoms with Crippen LogP contribution in [0.3, 0.4) is 0 Å². The molecule has 4 heteroatoms. The number of fused-ring (bicyclic) bond motifs is 1. The molecule has 3 rings (SSSR count). The van der Waals surface area contributed by atoms with Gasteiger partial charge in [0.15, 0.2) is 0 Å². The summed E-state index contributed by atoms with van der Waals surface area (Å²) in [7, 11) is 1.64. The minimum Gasteiger partial charge on any atom is -0.497 e. The van der Waals surface area contributed by atoms with Crippen molar-refractivity contribution in [3.8, 4) is 5.75 Å². The molecule has 1 saturated carbocycles. The molecular weight excluding hydrogens is 252 g/mol. The normalized spacial score (nSPS) is 15.7. The van der Waals surface area contributed by atoms with Crippen molar-refractivity contribution in [3.63, 3.8) is 0 Å². The summed E-state index contributed by atoms with van der Waals surface area (Å²) < 4.78 is 5.22. The van der Waals surface area contributed by atoms with E-state index in [9.17, 15) is 4.79 Å². The zero-order valence-corrected chi connectivity index (χ0v) is 12.0. The molecule has 4 nitrogen and oxygen atoms in total. The van der Waals surface area contributed by atoms with Crippen LogP contribution >= 0.6 is 0 Å². The Kier molecular flexibility index (Phi) is 3.38. The summed E-state index contributed by atoms with van der Waals surface area (Å²) in [4.78, 5) is 15.8.